The summed E-state index contributed by atoms with van der Waals surface area (Å²) in [4.78, 5) is 4.54. The lowest BCUT2D eigenvalue weighted by atomic mass is 10.0. The van der Waals surface area contributed by atoms with Gasteiger partial charge < -0.3 is 5.73 Å². The minimum absolute atomic E-state index is 0.338. The van der Waals surface area contributed by atoms with E-state index in [0.29, 0.717) is 6.04 Å². The second-order valence-corrected chi connectivity index (χ2v) is 6.18. The summed E-state index contributed by atoms with van der Waals surface area (Å²) >= 11 is 1.81. The standard InChI is InChI=1S/C14H22N2S/c1-10-7-11(2)16-14(8-10)17-9-13(15)12-5-3-4-6-12/h7-8,12-13H,3-6,9,15H2,1-2H3. The third-order valence-corrected chi connectivity index (χ3v) is 4.56. The molecular formula is C14H22N2S. The Morgan fingerprint density at radius 3 is 2.71 bits per heavy atom. The fourth-order valence-corrected chi connectivity index (χ4v) is 3.69. The molecule has 0 radical (unpaired) electrons. The van der Waals surface area contributed by atoms with Crippen molar-refractivity contribution < 1.29 is 0 Å². The molecule has 1 unspecified atom stereocenters. The van der Waals surface area contributed by atoms with Crippen LogP contribution in [0.1, 0.15) is 36.9 Å². The smallest absolute Gasteiger partial charge is 0.0966 e. The molecule has 0 aliphatic heterocycles. The third kappa shape index (κ3) is 3.71. The van der Waals surface area contributed by atoms with E-state index >= 15 is 0 Å². The van der Waals surface area contributed by atoms with E-state index in [2.05, 4.69) is 24.0 Å². The Bertz CT molecular complexity index is 352. The molecule has 0 amide bonds. The van der Waals surface area contributed by atoms with E-state index in [9.17, 15) is 0 Å². The zero-order valence-electron chi connectivity index (χ0n) is 10.8. The zero-order chi connectivity index (χ0) is 12.3. The van der Waals surface area contributed by atoms with Gasteiger partial charge in [-0.3, -0.25) is 0 Å². The molecular weight excluding hydrogens is 228 g/mol. The number of aromatic nitrogens is 1. The van der Waals surface area contributed by atoms with Crippen molar-refractivity contribution in [1.82, 2.24) is 4.98 Å². The minimum Gasteiger partial charge on any atom is -0.327 e. The summed E-state index contributed by atoms with van der Waals surface area (Å²) in [6.07, 6.45) is 5.37. The predicted molar refractivity (Wildman–Crippen MR) is 74.4 cm³/mol. The maximum atomic E-state index is 6.25. The summed E-state index contributed by atoms with van der Waals surface area (Å²) < 4.78 is 0. The van der Waals surface area contributed by atoms with Gasteiger partial charge in [0.15, 0.2) is 0 Å². The second kappa shape index (κ2) is 5.87. The molecule has 2 nitrogen and oxygen atoms in total. The predicted octanol–water partition coefficient (Wildman–Crippen LogP) is 3.31. The number of hydrogen-bond acceptors (Lipinski definition) is 3. The number of nitrogens with two attached hydrogens (primary N) is 1. The van der Waals surface area contributed by atoms with Crippen LogP contribution < -0.4 is 5.73 Å². The van der Waals surface area contributed by atoms with Crippen molar-refractivity contribution in [2.45, 2.75) is 50.6 Å². The Balaban J connectivity index is 1.88. The molecule has 3 heteroatoms. The number of hydrogen-bond donors (Lipinski definition) is 1. The van der Waals surface area contributed by atoms with Crippen molar-refractivity contribution in [1.29, 1.82) is 0 Å². The quantitative estimate of drug-likeness (QED) is 0.833. The Morgan fingerprint density at radius 1 is 1.35 bits per heavy atom. The summed E-state index contributed by atoms with van der Waals surface area (Å²) in [6, 6.07) is 4.60. The Labute approximate surface area is 108 Å². The van der Waals surface area contributed by atoms with Gasteiger partial charge in [-0.2, -0.15) is 0 Å². The van der Waals surface area contributed by atoms with Crippen LogP contribution in [0.5, 0.6) is 0 Å². The van der Waals surface area contributed by atoms with Gasteiger partial charge >= 0.3 is 0 Å². The molecule has 1 aliphatic rings. The molecule has 1 aromatic heterocycles. The molecule has 2 rings (SSSR count). The number of rotatable bonds is 4. The van der Waals surface area contributed by atoms with E-state index in [4.69, 9.17) is 5.73 Å². The number of thioether (sulfide) groups is 1. The van der Waals surface area contributed by atoms with Gasteiger partial charge in [-0.1, -0.05) is 12.8 Å². The van der Waals surface area contributed by atoms with Gasteiger partial charge in [0.1, 0.15) is 0 Å². The van der Waals surface area contributed by atoms with Crippen molar-refractivity contribution in [3.8, 4) is 0 Å². The molecule has 17 heavy (non-hydrogen) atoms. The van der Waals surface area contributed by atoms with Gasteiger partial charge in [-0.25, -0.2) is 4.98 Å². The molecule has 0 saturated heterocycles. The monoisotopic (exact) mass is 250 g/mol. The summed E-state index contributed by atoms with van der Waals surface area (Å²) in [5.41, 5.74) is 8.64. The van der Waals surface area contributed by atoms with E-state index in [-0.39, 0.29) is 0 Å². The third-order valence-electron chi connectivity index (χ3n) is 3.50. The first kappa shape index (κ1) is 12.9. The van der Waals surface area contributed by atoms with Crippen molar-refractivity contribution in [3.05, 3.63) is 23.4 Å². The maximum absolute atomic E-state index is 6.25. The molecule has 1 aliphatic carbocycles. The van der Waals surface area contributed by atoms with Crippen molar-refractivity contribution in [3.63, 3.8) is 0 Å². The summed E-state index contributed by atoms with van der Waals surface area (Å²) in [5, 5.41) is 1.12. The van der Waals surface area contributed by atoms with Gasteiger partial charge in [0, 0.05) is 17.5 Å². The highest BCUT2D eigenvalue weighted by atomic mass is 32.2. The molecule has 1 fully saturated rings. The van der Waals surface area contributed by atoms with Crippen LogP contribution in [0.3, 0.4) is 0 Å². The van der Waals surface area contributed by atoms with Crippen molar-refractivity contribution in [2.75, 3.05) is 5.75 Å². The fraction of sp³-hybridized carbons (Fsp3) is 0.643. The van der Waals surface area contributed by atoms with Gasteiger partial charge in [0.25, 0.3) is 0 Å². The summed E-state index contributed by atoms with van der Waals surface area (Å²) in [6.45, 7) is 4.17. The van der Waals surface area contributed by atoms with E-state index in [1.807, 2.05) is 18.7 Å². The summed E-state index contributed by atoms with van der Waals surface area (Å²) in [5.74, 6) is 1.74. The second-order valence-electron chi connectivity index (χ2n) is 5.14. The van der Waals surface area contributed by atoms with Crippen molar-refractivity contribution >= 4 is 11.8 Å². The molecule has 0 aromatic carbocycles. The summed E-state index contributed by atoms with van der Waals surface area (Å²) in [7, 11) is 0. The first-order valence-electron chi connectivity index (χ1n) is 6.49. The van der Waals surface area contributed by atoms with Crippen LogP contribution in [0.2, 0.25) is 0 Å². The lowest BCUT2D eigenvalue weighted by Gasteiger charge is -2.18. The highest BCUT2D eigenvalue weighted by molar-refractivity contribution is 7.99. The van der Waals surface area contributed by atoms with Crippen LogP contribution in [-0.2, 0) is 0 Å². The highest BCUT2D eigenvalue weighted by Gasteiger charge is 2.21. The maximum Gasteiger partial charge on any atom is 0.0966 e. The molecule has 1 aromatic rings. The Kier molecular flexibility index (Phi) is 4.46. The molecule has 1 atom stereocenters. The van der Waals surface area contributed by atoms with Gasteiger partial charge in [0.2, 0.25) is 0 Å². The van der Waals surface area contributed by atoms with Gasteiger partial charge in [-0.15, -0.1) is 11.8 Å². The topological polar surface area (TPSA) is 38.9 Å². The zero-order valence-corrected chi connectivity index (χ0v) is 11.6. The lowest BCUT2D eigenvalue weighted by Crippen LogP contribution is -2.30. The van der Waals surface area contributed by atoms with Crippen LogP contribution in [0.25, 0.3) is 0 Å². The molecule has 1 saturated carbocycles. The van der Waals surface area contributed by atoms with Crippen LogP contribution in [-0.4, -0.2) is 16.8 Å². The van der Waals surface area contributed by atoms with E-state index in [1.165, 1.54) is 31.2 Å². The lowest BCUT2D eigenvalue weighted by molar-refractivity contribution is 0.463. The molecule has 0 spiro atoms. The molecule has 94 valence electrons. The number of pyridine rings is 1. The van der Waals surface area contributed by atoms with E-state index in [1.54, 1.807) is 0 Å². The van der Waals surface area contributed by atoms with Crippen LogP contribution in [0.15, 0.2) is 17.2 Å². The SMILES string of the molecule is Cc1cc(C)nc(SCC(N)C2CCCC2)c1. The van der Waals surface area contributed by atoms with Gasteiger partial charge in [-0.05, 0) is 50.3 Å². The number of aryl methyl sites for hydroxylation is 2. The molecule has 2 N–H and O–H groups in total. The van der Waals surface area contributed by atoms with Crippen LogP contribution >= 0.6 is 11.8 Å². The van der Waals surface area contributed by atoms with E-state index in [0.717, 1.165) is 22.4 Å². The Morgan fingerprint density at radius 2 is 2.06 bits per heavy atom. The fourth-order valence-electron chi connectivity index (χ4n) is 2.58. The van der Waals surface area contributed by atoms with E-state index < -0.39 is 0 Å². The first-order valence-corrected chi connectivity index (χ1v) is 7.47. The van der Waals surface area contributed by atoms with Crippen LogP contribution in [0, 0.1) is 19.8 Å². The Hall–Kier alpha value is -0.540. The average Bonchev–Trinajstić information content (AvgIpc) is 2.78. The van der Waals surface area contributed by atoms with Gasteiger partial charge in [0.05, 0.1) is 5.03 Å². The highest BCUT2D eigenvalue weighted by Crippen LogP contribution is 2.29. The largest absolute Gasteiger partial charge is 0.327 e. The normalized spacial score (nSPS) is 18.5. The molecule has 1 heterocycles. The van der Waals surface area contributed by atoms with Crippen LogP contribution in [0.4, 0.5) is 0 Å². The number of nitrogens with zero attached hydrogens (tertiary/aromatic N) is 1. The van der Waals surface area contributed by atoms with Crippen molar-refractivity contribution in [2.24, 2.45) is 11.7 Å². The molecule has 0 bridgehead atoms. The average molecular weight is 250 g/mol. The minimum atomic E-state index is 0.338. The first-order chi connectivity index (χ1) is 8.15.